The van der Waals surface area contributed by atoms with E-state index < -0.39 is 20.7 Å². The van der Waals surface area contributed by atoms with Gasteiger partial charge in [0.05, 0.1) is 0 Å². The van der Waals surface area contributed by atoms with E-state index in [2.05, 4.69) is 59.5 Å². The zero-order valence-electron chi connectivity index (χ0n) is 23.2. The lowest BCUT2D eigenvalue weighted by Gasteiger charge is -2.53. The SMILES string of the molecule is Cc1[nH]nc2nc(-c3ccc(NS(=O)(=O)c4cc(Cl)ccc4F)cc3)nc(OC3CC(C)(C)N(C)C(C)(C)C3)c12. The number of nitrogens with zero attached hydrogens (tertiary/aromatic N) is 4. The highest BCUT2D eigenvalue weighted by Gasteiger charge is 2.44. The first-order valence-corrected chi connectivity index (χ1v) is 14.7. The summed E-state index contributed by atoms with van der Waals surface area (Å²) in [6.45, 7) is 10.8. The Morgan fingerprint density at radius 2 is 1.73 bits per heavy atom. The van der Waals surface area contributed by atoms with Gasteiger partial charge in [0.15, 0.2) is 11.5 Å². The Kier molecular flexibility index (Phi) is 7.04. The number of aromatic amines is 1. The third kappa shape index (κ3) is 5.37. The molecular weight excluding hydrogens is 555 g/mol. The number of hydrogen-bond donors (Lipinski definition) is 2. The Morgan fingerprint density at radius 1 is 1.07 bits per heavy atom. The number of H-pyrrole nitrogens is 1. The van der Waals surface area contributed by atoms with Crippen LogP contribution in [0.5, 0.6) is 5.88 Å². The molecule has 12 heteroatoms. The van der Waals surface area contributed by atoms with Crippen LogP contribution in [0.25, 0.3) is 22.4 Å². The van der Waals surface area contributed by atoms with E-state index in [1.54, 1.807) is 24.3 Å². The summed E-state index contributed by atoms with van der Waals surface area (Å²) in [7, 11) is -2.05. The number of hydrogen-bond acceptors (Lipinski definition) is 7. The highest BCUT2D eigenvalue weighted by molar-refractivity contribution is 7.92. The maximum Gasteiger partial charge on any atom is 0.264 e. The maximum atomic E-state index is 14.2. The Balaban J connectivity index is 1.44. The van der Waals surface area contributed by atoms with E-state index in [1.165, 1.54) is 6.07 Å². The van der Waals surface area contributed by atoms with Crippen LogP contribution in [0.15, 0.2) is 47.4 Å². The molecule has 4 aromatic rings. The van der Waals surface area contributed by atoms with Crippen molar-refractivity contribution in [3.63, 3.8) is 0 Å². The molecule has 0 saturated carbocycles. The van der Waals surface area contributed by atoms with E-state index in [1.807, 2.05) is 6.92 Å². The lowest BCUT2D eigenvalue weighted by atomic mass is 9.79. The summed E-state index contributed by atoms with van der Waals surface area (Å²) in [5.74, 6) is -0.0576. The zero-order chi connectivity index (χ0) is 29.0. The molecule has 40 heavy (non-hydrogen) atoms. The predicted molar refractivity (Wildman–Crippen MR) is 154 cm³/mol. The van der Waals surface area contributed by atoms with Gasteiger partial charge in [0.1, 0.15) is 22.2 Å². The second-order valence-electron chi connectivity index (χ2n) is 11.5. The number of aromatic nitrogens is 4. The number of aryl methyl sites for hydroxylation is 1. The summed E-state index contributed by atoms with van der Waals surface area (Å²) in [4.78, 5) is 11.2. The van der Waals surface area contributed by atoms with Gasteiger partial charge in [-0.25, -0.2) is 17.8 Å². The molecule has 212 valence electrons. The van der Waals surface area contributed by atoms with Gasteiger partial charge in [0, 0.05) is 45.9 Å². The molecule has 0 amide bonds. The molecule has 0 atom stereocenters. The topological polar surface area (TPSA) is 113 Å². The first kappa shape index (κ1) is 28.3. The van der Waals surface area contributed by atoms with Crippen LogP contribution in [0, 0.1) is 12.7 Å². The molecule has 0 radical (unpaired) electrons. The number of ether oxygens (including phenoxy) is 1. The number of nitrogens with one attached hydrogen (secondary N) is 2. The molecule has 0 aliphatic carbocycles. The van der Waals surface area contributed by atoms with E-state index in [4.69, 9.17) is 21.3 Å². The second-order valence-corrected chi connectivity index (χ2v) is 13.6. The lowest BCUT2D eigenvalue weighted by molar-refractivity contribution is -0.0562. The van der Waals surface area contributed by atoms with Crippen molar-refractivity contribution in [3.05, 3.63) is 59.0 Å². The number of halogens is 2. The zero-order valence-corrected chi connectivity index (χ0v) is 24.8. The second kappa shape index (κ2) is 9.97. The summed E-state index contributed by atoms with van der Waals surface area (Å²) in [5, 5.41) is 8.16. The average Bonchev–Trinajstić information content (AvgIpc) is 3.24. The molecule has 1 aliphatic rings. The molecule has 9 nitrogen and oxygen atoms in total. The van der Waals surface area contributed by atoms with Crippen molar-refractivity contribution in [1.29, 1.82) is 0 Å². The summed E-state index contributed by atoms with van der Waals surface area (Å²) >= 11 is 5.87. The minimum absolute atomic E-state index is 0.0647. The molecule has 1 aliphatic heterocycles. The van der Waals surface area contributed by atoms with Crippen LogP contribution in [-0.4, -0.2) is 57.7 Å². The van der Waals surface area contributed by atoms with Crippen molar-refractivity contribution < 1.29 is 17.5 Å². The molecular formula is C28H32ClFN6O3S. The smallest absolute Gasteiger partial charge is 0.264 e. The number of benzene rings is 2. The Labute approximate surface area is 238 Å². The average molecular weight is 587 g/mol. The molecule has 0 bridgehead atoms. The van der Waals surface area contributed by atoms with E-state index in [0.717, 1.165) is 36.1 Å². The van der Waals surface area contributed by atoms with Gasteiger partial charge in [-0.15, -0.1) is 0 Å². The van der Waals surface area contributed by atoms with Crippen LogP contribution in [-0.2, 0) is 10.0 Å². The van der Waals surface area contributed by atoms with Gasteiger partial charge in [-0.2, -0.15) is 10.1 Å². The first-order chi connectivity index (χ1) is 18.7. The first-order valence-electron chi connectivity index (χ1n) is 12.9. The quantitative estimate of drug-likeness (QED) is 0.287. The standard InChI is InChI=1S/C28H32ClFN6O3S/c1-16-23-25(34-33-16)31-24(32-26(23)39-20-14-27(2,3)36(6)28(4,5)15-20)17-7-10-19(11-8-17)35-40(37,38)22-13-18(29)9-12-21(22)30/h7-13,20,35H,14-15H2,1-6H3,(H,31,32,33,34). The van der Waals surface area contributed by atoms with Crippen LogP contribution in [0.2, 0.25) is 5.02 Å². The van der Waals surface area contributed by atoms with Gasteiger partial charge in [0.25, 0.3) is 10.0 Å². The number of fused-ring (bicyclic) bond motifs is 1. The van der Waals surface area contributed by atoms with Crippen molar-refractivity contribution >= 4 is 38.3 Å². The summed E-state index contributed by atoms with van der Waals surface area (Å²) in [5.41, 5.74) is 2.03. The van der Waals surface area contributed by atoms with Crippen LogP contribution in [0.4, 0.5) is 10.1 Å². The fourth-order valence-corrected chi connectivity index (χ4v) is 6.75. The minimum Gasteiger partial charge on any atom is -0.474 e. The van der Waals surface area contributed by atoms with Crippen molar-refractivity contribution in [1.82, 2.24) is 25.1 Å². The van der Waals surface area contributed by atoms with E-state index in [0.29, 0.717) is 22.9 Å². The third-order valence-electron chi connectivity index (χ3n) is 7.69. The molecule has 5 rings (SSSR count). The van der Waals surface area contributed by atoms with Crippen molar-refractivity contribution in [2.75, 3.05) is 11.8 Å². The lowest BCUT2D eigenvalue weighted by Crippen LogP contribution is -2.60. The highest BCUT2D eigenvalue weighted by Crippen LogP contribution is 2.39. The van der Waals surface area contributed by atoms with E-state index in [-0.39, 0.29) is 27.9 Å². The van der Waals surface area contributed by atoms with Crippen LogP contribution in [0.3, 0.4) is 0 Å². The van der Waals surface area contributed by atoms with Gasteiger partial charge in [0.2, 0.25) is 5.88 Å². The fraction of sp³-hybridized carbons (Fsp3) is 0.393. The monoisotopic (exact) mass is 586 g/mol. The summed E-state index contributed by atoms with van der Waals surface area (Å²) in [6, 6.07) is 9.84. The van der Waals surface area contributed by atoms with Crippen molar-refractivity contribution in [2.24, 2.45) is 0 Å². The highest BCUT2D eigenvalue weighted by atomic mass is 35.5. The molecule has 0 spiro atoms. The van der Waals surface area contributed by atoms with Crippen molar-refractivity contribution in [3.8, 4) is 17.3 Å². The number of likely N-dealkylation sites (tertiary alicyclic amines) is 1. The Hall–Kier alpha value is -3.28. The molecule has 2 N–H and O–H groups in total. The third-order valence-corrected chi connectivity index (χ3v) is 9.32. The molecule has 1 saturated heterocycles. The molecule has 3 heterocycles. The normalized spacial score (nSPS) is 17.7. The number of sulfonamides is 1. The number of anilines is 1. The predicted octanol–water partition coefficient (Wildman–Crippen LogP) is 5.95. The molecule has 2 aromatic heterocycles. The van der Waals surface area contributed by atoms with E-state index >= 15 is 0 Å². The van der Waals surface area contributed by atoms with E-state index in [9.17, 15) is 12.8 Å². The summed E-state index contributed by atoms with van der Waals surface area (Å²) in [6.07, 6.45) is 1.59. The minimum atomic E-state index is -4.19. The van der Waals surface area contributed by atoms with Gasteiger partial charge >= 0.3 is 0 Å². The number of rotatable bonds is 6. The summed E-state index contributed by atoms with van der Waals surface area (Å²) < 4.78 is 48.7. The van der Waals surface area contributed by atoms with Crippen LogP contribution < -0.4 is 9.46 Å². The van der Waals surface area contributed by atoms with Crippen LogP contribution >= 0.6 is 11.6 Å². The van der Waals surface area contributed by atoms with Gasteiger partial charge in [-0.05, 0) is 84.1 Å². The Morgan fingerprint density at radius 3 is 2.38 bits per heavy atom. The number of piperidine rings is 1. The van der Waals surface area contributed by atoms with Crippen LogP contribution in [0.1, 0.15) is 46.2 Å². The Bertz CT molecular complexity index is 1670. The molecule has 0 unspecified atom stereocenters. The largest absolute Gasteiger partial charge is 0.474 e. The molecule has 1 fully saturated rings. The van der Waals surface area contributed by atoms with Gasteiger partial charge < -0.3 is 4.74 Å². The van der Waals surface area contributed by atoms with Gasteiger partial charge in [-0.1, -0.05) is 11.6 Å². The fourth-order valence-electron chi connectivity index (χ4n) is 5.35. The van der Waals surface area contributed by atoms with Crippen molar-refractivity contribution in [2.45, 2.75) is 69.5 Å². The van der Waals surface area contributed by atoms with Gasteiger partial charge in [-0.3, -0.25) is 14.7 Å². The maximum absolute atomic E-state index is 14.2. The molecule has 2 aromatic carbocycles.